The number of carbonyl (C=O) groups is 1. The monoisotopic (exact) mass is 278 g/mol. The van der Waals surface area contributed by atoms with Crippen molar-refractivity contribution < 1.29 is 13.9 Å². The maximum atomic E-state index is 13.7. The Kier molecular flexibility index (Phi) is 3.86. The molecule has 19 heavy (non-hydrogen) atoms. The molecule has 0 saturated carbocycles. The van der Waals surface area contributed by atoms with E-state index in [1.807, 2.05) is 0 Å². The maximum Gasteiger partial charge on any atom is 0.199 e. The van der Waals surface area contributed by atoms with Crippen LogP contribution in [-0.4, -0.2) is 12.9 Å². The van der Waals surface area contributed by atoms with Crippen LogP contribution in [0.3, 0.4) is 0 Å². The summed E-state index contributed by atoms with van der Waals surface area (Å²) in [6, 6.07) is 9.06. The van der Waals surface area contributed by atoms with Gasteiger partial charge in [0.05, 0.1) is 18.2 Å². The molecular weight excluding hydrogens is 267 g/mol. The summed E-state index contributed by atoms with van der Waals surface area (Å²) in [5.41, 5.74) is 1.13. The van der Waals surface area contributed by atoms with Crippen molar-refractivity contribution in [3.8, 4) is 5.75 Å². The average molecular weight is 279 g/mol. The number of rotatable bonds is 3. The van der Waals surface area contributed by atoms with E-state index in [1.54, 1.807) is 19.1 Å². The molecule has 2 aromatic carbocycles. The molecule has 98 valence electrons. The molecule has 0 radical (unpaired) electrons. The Bertz CT molecular complexity index is 638. The lowest BCUT2D eigenvalue weighted by atomic mass is 10.0. The molecule has 0 heterocycles. The first kappa shape index (κ1) is 13.6. The fourth-order valence-electron chi connectivity index (χ4n) is 1.81. The highest BCUT2D eigenvalue weighted by molar-refractivity contribution is 6.31. The van der Waals surface area contributed by atoms with Gasteiger partial charge in [-0.05, 0) is 37.3 Å². The van der Waals surface area contributed by atoms with Crippen LogP contribution < -0.4 is 4.74 Å². The van der Waals surface area contributed by atoms with E-state index >= 15 is 0 Å². The minimum atomic E-state index is -0.549. The van der Waals surface area contributed by atoms with E-state index in [9.17, 15) is 9.18 Å². The molecule has 2 nitrogen and oxygen atoms in total. The normalized spacial score (nSPS) is 10.3. The number of halogens is 2. The van der Waals surface area contributed by atoms with Gasteiger partial charge in [-0.25, -0.2) is 4.39 Å². The summed E-state index contributed by atoms with van der Waals surface area (Å²) < 4.78 is 18.8. The van der Waals surface area contributed by atoms with Crippen molar-refractivity contribution in [3.05, 3.63) is 63.9 Å². The number of carbonyl (C=O) groups excluding carboxylic acids is 1. The predicted octanol–water partition coefficient (Wildman–Crippen LogP) is 4.03. The van der Waals surface area contributed by atoms with Crippen LogP contribution in [0.1, 0.15) is 21.5 Å². The van der Waals surface area contributed by atoms with Crippen molar-refractivity contribution in [2.75, 3.05) is 7.11 Å². The Morgan fingerprint density at radius 1 is 1.16 bits per heavy atom. The number of ether oxygens (including phenoxy) is 1. The van der Waals surface area contributed by atoms with E-state index in [4.69, 9.17) is 16.3 Å². The highest BCUT2D eigenvalue weighted by Gasteiger charge is 2.18. The van der Waals surface area contributed by atoms with Gasteiger partial charge in [-0.2, -0.15) is 0 Å². The van der Waals surface area contributed by atoms with Crippen LogP contribution >= 0.6 is 11.6 Å². The summed E-state index contributed by atoms with van der Waals surface area (Å²) in [6.07, 6.45) is 0. The number of methoxy groups -OCH3 is 1. The minimum absolute atomic E-state index is 0.0284. The standard InChI is InChI=1S/C15H12ClFO2/c1-9-3-6-13(17)12(7-9)15(18)11-5-4-10(16)8-14(11)19-2/h3-8H,1-2H3. The second-order valence-electron chi connectivity index (χ2n) is 4.16. The van der Waals surface area contributed by atoms with Gasteiger partial charge in [0.1, 0.15) is 11.6 Å². The quantitative estimate of drug-likeness (QED) is 0.793. The van der Waals surface area contributed by atoms with Crippen molar-refractivity contribution in [3.63, 3.8) is 0 Å². The molecule has 2 rings (SSSR count). The number of aryl methyl sites for hydroxylation is 1. The first-order valence-electron chi connectivity index (χ1n) is 5.67. The molecule has 0 saturated heterocycles. The van der Waals surface area contributed by atoms with Crippen LogP contribution in [-0.2, 0) is 0 Å². The van der Waals surface area contributed by atoms with E-state index in [1.165, 1.54) is 31.4 Å². The van der Waals surface area contributed by atoms with Crippen molar-refractivity contribution in [2.45, 2.75) is 6.92 Å². The summed E-state index contributed by atoms with van der Waals surface area (Å²) >= 11 is 5.84. The fraction of sp³-hybridized carbons (Fsp3) is 0.133. The molecule has 0 amide bonds. The maximum absolute atomic E-state index is 13.7. The lowest BCUT2D eigenvalue weighted by Crippen LogP contribution is -2.06. The van der Waals surface area contributed by atoms with E-state index < -0.39 is 11.6 Å². The summed E-state index contributed by atoms with van der Waals surface area (Å²) in [5, 5.41) is 0.457. The van der Waals surface area contributed by atoms with Gasteiger partial charge >= 0.3 is 0 Å². The van der Waals surface area contributed by atoms with Crippen molar-refractivity contribution in [2.24, 2.45) is 0 Å². The van der Waals surface area contributed by atoms with E-state index in [2.05, 4.69) is 0 Å². The Morgan fingerprint density at radius 3 is 2.58 bits per heavy atom. The number of hydrogen-bond donors (Lipinski definition) is 0. The summed E-state index contributed by atoms with van der Waals surface area (Å²) in [6.45, 7) is 1.80. The third-order valence-electron chi connectivity index (χ3n) is 2.77. The molecule has 0 aliphatic carbocycles. The van der Waals surface area contributed by atoms with Gasteiger partial charge in [-0.15, -0.1) is 0 Å². The van der Waals surface area contributed by atoms with Gasteiger partial charge < -0.3 is 4.74 Å². The lowest BCUT2D eigenvalue weighted by Gasteiger charge is -2.09. The molecule has 0 spiro atoms. The van der Waals surface area contributed by atoms with Gasteiger partial charge in [0.15, 0.2) is 5.78 Å². The van der Waals surface area contributed by atoms with E-state index in [-0.39, 0.29) is 11.1 Å². The molecule has 0 unspecified atom stereocenters. The van der Waals surface area contributed by atoms with Gasteiger partial charge in [-0.3, -0.25) is 4.79 Å². The number of benzene rings is 2. The van der Waals surface area contributed by atoms with Gasteiger partial charge in [-0.1, -0.05) is 23.2 Å². The number of hydrogen-bond acceptors (Lipinski definition) is 2. The predicted molar refractivity (Wildman–Crippen MR) is 72.6 cm³/mol. The molecular formula is C15H12ClFO2. The zero-order valence-corrected chi connectivity index (χ0v) is 11.3. The smallest absolute Gasteiger partial charge is 0.199 e. The number of ketones is 1. The molecule has 0 N–H and O–H groups in total. The van der Waals surface area contributed by atoms with Crippen molar-refractivity contribution in [1.29, 1.82) is 0 Å². The largest absolute Gasteiger partial charge is 0.496 e. The highest BCUT2D eigenvalue weighted by Crippen LogP contribution is 2.26. The Balaban J connectivity index is 2.53. The molecule has 0 aromatic heterocycles. The highest BCUT2D eigenvalue weighted by atomic mass is 35.5. The third-order valence-corrected chi connectivity index (χ3v) is 3.01. The average Bonchev–Trinajstić information content (AvgIpc) is 2.40. The van der Waals surface area contributed by atoms with Crippen molar-refractivity contribution >= 4 is 17.4 Å². The molecule has 0 fully saturated rings. The van der Waals surface area contributed by atoms with E-state index in [0.717, 1.165) is 5.56 Å². The molecule has 0 atom stereocenters. The summed E-state index contributed by atoms with van der Waals surface area (Å²) in [7, 11) is 1.44. The molecule has 0 aliphatic heterocycles. The zero-order chi connectivity index (χ0) is 14.0. The summed E-state index contributed by atoms with van der Waals surface area (Å²) in [5.74, 6) is -0.638. The zero-order valence-electron chi connectivity index (χ0n) is 10.5. The lowest BCUT2D eigenvalue weighted by molar-refractivity contribution is 0.103. The van der Waals surface area contributed by atoms with Gasteiger partial charge in [0.25, 0.3) is 0 Å². The molecule has 0 aliphatic rings. The topological polar surface area (TPSA) is 26.3 Å². The Labute approximate surface area is 115 Å². The first-order chi connectivity index (χ1) is 9.02. The van der Waals surface area contributed by atoms with Gasteiger partial charge in [0, 0.05) is 5.02 Å². The fourth-order valence-corrected chi connectivity index (χ4v) is 1.97. The van der Waals surface area contributed by atoms with Crippen LogP contribution in [0.4, 0.5) is 4.39 Å². The molecule has 4 heteroatoms. The van der Waals surface area contributed by atoms with Gasteiger partial charge in [0.2, 0.25) is 0 Å². The third kappa shape index (κ3) is 2.76. The van der Waals surface area contributed by atoms with Crippen LogP contribution in [0.5, 0.6) is 5.75 Å². The van der Waals surface area contributed by atoms with Crippen LogP contribution in [0, 0.1) is 12.7 Å². The second kappa shape index (κ2) is 5.41. The Morgan fingerprint density at radius 2 is 1.89 bits per heavy atom. The summed E-state index contributed by atoms with van der Waals surface area (Å²) in [4.78, 5) is 12.3. The van der Waals surface area contributed by atoms with E-state index in [0.29, 0.717) is 10.8 Å². The van der Waals surface area contributed by atoms with Crippen LogP contribution in [0.15, 0.2) is 36.4 Å². The minimum Gasteiger partial charge on any atom is -0.496 e. The second-order valence-corrected chi connectivity index (χ2v) is 4.59. The molecule has 2 aromatic rings. The molecule has 0 bridgehead atoms. The van der Waals surface area contributed by atoms with Crippen LogP contribution in [0.2, 0.25) is 5.02 Å². The Hall–Kier alpha value is -1.87. The van der Waals surface area contributed by atoms with Crippen LogP contribution in [0.25, 0.3) is 0 Å². The first-order valence-corrected chi connectivity index (χ1v) is 6.05. The SMILES string of the molecule is COc1cc(Cl)ccc1C(=O)c1cc(C)ccc1F. The van der Waals surface area contributed by atoms with Crippen molar-refractivity contribution in [1.82, 2.24) is 0 Å².